The third kappa shape index (κ3) is 2.75. The topological polar surface area (TPSA) is 103 Å². The summed E-state index contributed by atoms with van der Waals surface area (Å²) in [6, 6.07) is 2.98. The van der Waals surface area contributed by atoms with E-state index in [0.29, 0.717) is 0 Å². The Kier molecular flexibility index (Phi) is 3.94. The Morgan fingerprint density at radius 3 is 2.85 bits per heavy atom. The molecule has 0 saturated heterocycles. The van der Waals surface area contributed by atoms with Crippen molar-refractivity contribution in [3.8, 4) is 0 Å². The van der Waals surface area contributed by atoms with Gasteiger partial charge >= 0.3 is 5.69 Å². The maximum absolute atomic E-state index is 12.0. The van der Waals surface area contributed by atoms with Gasteiger partial charge < -0.3 is 5.32 Å². The summed E-state index contributed by atoms with van der Waals surface area (Å²) in [7, 11) is 1.73. The fraction of sp³-hybridized carbons (Fsp3) is 0.182. The summed E-state index contributed by atoms with van der Waals surface area (Å²) in [4.78, 5) is 25.8. The van der Waals surface area contributed by atoms with Crippen LogP contribution in [-0.4, -0.2) is 25.6 Å². The molecule has 0 spiro atoms. The summed E-state index contributed by atoms with van der Waals surface area (Å²) >= 11 is 5.65. The molecule has 2 heterocycles. The number of hydrogen-bond donors (Lipinski definition) is 1. The molecule has 0 radical (unpaired) electrons. The van der Waals surface area contributed by atoms with Crippen LogP contribution < -0.4 is 5.32 Å². The van der Waals surface area contributed by atoms with Crippen molar-refractivity contribution >= 4 is 23.2 Å². The normalized spacial score (nSPS) is 10.3. The second kappa shape index (κ2) is 5.66. The van der Waals surface area contributed by atoms with Gasteiger partial charge in [0.25, 0.3) is 5.91 Å². The number of halogens is 1. The molecule has 0 aliphatic rings. The number of nitrogens with one attached hydrogen (secondary N) is 1. The number of hydrogen-bond acceptors (Lipinski definition) is 5. The van der Waals surface area contributed by atoms with Crippen LogP contribution >= 0.6 is 11.6 Å². The maximum Gasteiger partial charge on any atom is 0.319 e. The average molecular weight is 296 g/mol. The molecule has 2 rings (SSSR count). The molecule has 0 fully saturated rings. The summed E-state index contributed by atoms with van der Waals surface area (Å²) in [6.45, 7) is 0.201. The van der Waals surface area contributed by atoms with Gasteiger partial charge in [-0.1, -0.05) is 11.6 Å². The van der Waals surface area contributed by atoms with E-state index in [-0.39, 0.29) is 17.3 Å². The lowest BCUT2D eigenvalue weighted by Crippen LogP contribution is -2.25. The molecule has 104 valence electrons. The van der Waals surface area contributed by atoms with Crippen LogP contribution in [0, 0.1) is 10.1 Å². The second-order valence-corrected chi connectivity index (χ2v) is 4.24. The quantitative estimate of drug-likeness (QED) is 0.520. The molecule has 0 saturated carbocycles. The number of aromatic nitrogens is 3. The number of nitro groups is 1. The third-order valence-electron chi connectivity index (χ3n) is 2.66. The average Bonchev–Trinajstić information content (AvgIpc) is 2.80. The van der Waals surface area contributed by atoms with Gasteiger partial charge in [0, 0.05) is 19.4 Å². The highest BCUT2D eigenvalue weighted by molar-refractivity contribution is 6.32. The first-order valence-electron chi connectivity index (χ1n) is 5.54. The highest BCUT2D eigenvalue weighted by atomic mass is 35.5. The molecular formula is C11H10ClN5O3. The molecule has 1 N–H and O–H groups in total. The number of amides is 1. The number of carbonyl (C=O) groups is 1. The van der Waals surface area contributed by atoms with Gasteiger partial charge in [0.1, 0.15) is 5.56 Å². The first-order chi connectivity index (χ1) is 9.50. The lowest BCUT2D eigenvalue weighted by atomic mass is 10.2. The molecule has 0 unspecified atom stereocenters. The van der Waals surface area contributed by atoms with Gasteiger partial charge in [0.05, 0.1) is 17.2 Å². The van der Waals surface area contributed by atoms with Crippen LogP contribution in [0.25, 0.3) is 0 Å². The highest BCUT2D eigenvalue weighted by Crippen LogP contribution is 2.25. The van der Waals surface area contributed by atoms with Crippen LogP contribution in [0.5, 0.6) is 0 Å². The minimum absolute atomic E-state index is 0.128. The van der Waals surface area contributed by atoms with Crippen molar-refractivity contribution in [2.75, 3.05) is 0 Å². The molecule has 0 aliphatic heterocycles. The third-order valence-corrected chi connectivity index (χ3v) is 2.94. The zero-order valence-corrected chi connectivity index (χ0v) is 11.2. The van der Waals surface area contributed by atoms with Gasteiger partial charge in [-0.2, -0.15) is 5.10 Å². The van der Waals surface area contributed by atoms with E-state index < -0.39 is 16.5 Å². The zero-order chi connectivity index (χ0) is 14.7. The van der Waals surface area contributed by atoms with Crippen molar-refractivity contribution in [1.29, 1.82) is 0 Å². The zero-order valence-electron chi connectivity index (χ0n) is 10.4. The Bertz CT molecular complexity index is 670. The number of nitrogens with zero attached hydrogens (tertiary/aromatic N) is 4. The summed E-state index contributed by atoms with van der Waals surface area (Å²) in [5, 5.41) is 17.1. The molecular weight excluding hydrogens is 286 g/mol. The summed E-state index contributed by atoms with van der Waals surface area (Å²) in [6.07, 6.45) is 2.83. The van der Waals surface area contributed by atoms with Crippen molar-refractivity contribution in [3.63, 3.8) is 0 Å². The Morgan fingerprint density at radius 2 is 2.25 bits per heavy atom. The van der Waals surface area contributed by atoms with E-state index in [1.807, 2.05) is 0 Å². The maximum atomic E-state index is 12.0. The molecule has 0 aliphatic carbocycles. The molecule has 2 aromatic heterocycles. The monoisotopic (exact) mass is 295 g/mol. The SMILES string of the molecule is Cn1nccc1CNC(=O)c1ccnc(Cl)c1[N+](=O)[O-]. The van der Waals surface area contributed by atoms with E-state index in [1.54, 1.807) is 24.0 Å². The van der Waals surface area contributed by atoms with Crippen LogP contribution in [0.3, 0.4) is 0 Å². The molecule has 8 nitrogen and oxygen atoms in total. The van der Waals surface area contributed by atoms with E-state index >= 15 is 0 Å². The lowest BCUT2D eigenvalue weighted by Gasteiger charge is -2.06. The number of rotatable bonds is 4. The Balaban J connectivity index is 2.20. The van der Waals surface area contributed by atoms with E-state index in [9.17, 15) is 14.9 Å². The number of aryl methyl sites for hydroxylation is 1. The van der Waals surface area contributed by atoms with Crippen molar-refractivity contribution in [2.45, 2.75) is 6.54 Å². The summed E-state index contributed by atoms with van der Waals surface area (Å²) in [5.74, 6) is -0.595. The van der Waals surface area contributed by atoms with Crippen LogP contribution in [0.2, 0.25) is 5.15 Å². The van der Waals surface area contributed by atoms with Crippen LogP contribution in [0.4, 0.5) is 5.69 Å². The highest BCUT2D eigenvalue weighted by Gasteiger charge is 2.24. The van der Waals surface area contributed by atoms with Gasteiger partial charge in [-0.05, 0) is 12.1 Å². The first-order valence-corrected chi connectivity index (χ1v) is 5.92. The molecule has 0 aromatic carbocycles. The first kappa shape index (κ1) is 13.9. The largest absolute Gasteiger partial charge is 0.346 e. The lowest BCUT2D eigenvalue weighted by molar-refractivity contribution is -0.385. The van der Waals surface area contributed by atoms with Gasteiger partial charge in [-0.15, -0.1) is 0 Å². The molecule has 2 aromatic rings. The second-order valence-electron chi connectivity index (χ2n) is 3.88. The Hall–Kier alpha value is -2.48. The van der Waals surface area contributed by atoms with Crippen molar-refractivity contribution in [3.05, 3.63) is 51.1 Å². The van der Waals surface area contributed by atoms with Gasteiger partial charge in [-0.3, -0.25) is 19.6 Å². The van der Waals surface area contributed by atoms with Crippen molar-refractivity contribution < 1.29 is 9.72 Å². The van der Waals surface area contributed by atoms with E-state index in [1.165, 1.54) is 12.3 Å². The van der Waals surface area contributed by atoms with Crippen molar-refractivity contribution in [2.24, 2.45) is 7.05 Å². The van der Waals surface area contributed by atoms with Crippen LogP contribution in [0.1, 0.15) is 16.1 Å². The standard InChI is InChI=1S/C11H10ClN5O3/c1-16-7(2-5-15-16)6-14-11(18)8-3-4-13-10(12)9(8)17(19)20/h2-5H,6H2,1H3,(H,14,18). The van der Waals surface area contributed by atoms with E-state index in [0.717, 1.165) is 5.69 Å². The molecule has 1 amide bonds. The molecule has 20 heavy (non-hydrogen) atoms. The predicted octanol–water partition coefficient (Wildman–Crippen LogP) is 1.31. The van der Waals surface area contributed by atoms with Crippen LogP contribution in [0.15, 0.2) is 24.5 Å². The minimum atomic E-state index is -0.728. The van der Waals surface area contributed by atoms with E-state index in [4.69, 9.17) is 11.6 Å². The molecule has 0 bridgehead atoms. The van der Waals surface area contributed by atoms with Crippen LogP contribution in [-0.2, 0) is 13.6 Å². The van der Waals surface area contributed by atoms with E-state index in [2.05, 4.69) is 15.4 Å². The fourth-order valence-electron chi connectivity index (χ4n) is 1.63. The Morgan fingerprint density at radius 1 is 1.50 bits per heavy atom. The number of carbonyl (C=O) groups excluding carboxylic acids is 1. The van der Waals surface area contributed by atoms with Gasteiger partial charge in [0.2, 0.25) is 5.15 Å². The molecule has 9 heteroatoms. The van der Waals surface area contributed by atoms with Gasteiger partial charge in [0.15, 0.2) is 0 Å². The fourth-order valence-corrected chi connectivity index (χ4v) is 1.85. The summed E-state index contributed by atoms with van der Waals surface area (Å²) in [5.41, 5.74) is 0.134. The Labute approximate surface area is 118 Å². The minimum Gasteiger partial charge on any atom is -0.346 e. The van der Waals surface area contributed by atoms with Gasteiger partial charge in [-0.25, -0.2) is 4.98 Å². The predicted molar refractivity (Wildman–Crippen MR) is 70.3 cm³/mol. The summed E-state index contributed by atoms with van der Waals surface area (Å²) < 4.78 is 1.59. The van der Waals surface area contributed by atoms with Crippen molar-refractivity contribution in [1.82, 2.24) is 20.1 Å². The smallest absolute Gasteiger partial charge is 0.319 e. The number of pyridine rings is 1. The molecule has 0 atom stereocenters.